The summed E-state index contributed by atoms with van der Waals surface area (Å²) in [5.41, 5.74) is 1.44. The molecule has 0 aromatic carbocycles. The van der Waals surface area contributed by atoms with E-state index in [1.165, 1.54) is 24.2 Å². The van der Waals surface area contributed by atoms with Crippen molar-refractivity contribution in [2.75, 3.05) is 13.6 Å². The van der Waals surface area contributed by atoms with Crippen LogP contribution in [0.2, 0.25) is 0 Å². The summed E-state index contributed by atoms with van der Waals surface area (Å²) in [4.78, 5) is 0. The fourth-order valence-electron chi connectivity index (χ4n) is 2.12. The Balaban J connectivity index is 2.20. The van der Waals surface area contributed by atoms with Gasteiger partial charge in [-0.3, -0.25) is 0 Å². The average molecular weight is 179 g/mol. The van der Waals surface area contributed by atoms with Crippen LogP contribution in [-0.2, 0) is 12.8 Å². The largest absolute Gasteiger partial charge is 0.465 e. The number of hydrogen-bond acceptors (Lipinski definition) is 2. The molecule has 2 nitrogen and oxygen atoms in total. The summed E-state index contributed by atoms with van der Waals surface area (Å²) in [6, 6.07) is 2.23. The highest BCUT2D eigenvalue weighted by atomic mass is 16.3. The van der Waals surface area contributed by atoms with Gasteiger partial charge in [0.25, 0.3) is 0 Å². The number of rotatable bonds is 3. The van der Waals surface area contributed by atoms with Crippen molar-refractivity contribution >= 4 is 0 Å². The quantitative estimate of drug-likeness (QED) is 0.768. The zero-order chi connectivity index (χ0) is 9.26. The SMILES string of the molecule is CCc1cc2c(o1)C(CNC)CC2. The van der Waals surface area contributed by atoms with Crippen LogP contribution in [0.5, 0.6) is 0 Å². The maximum Gasteiger partial charge on any atom is 0.111 e. The van der Waals surface area contributed by atoms with Crippen molar-refractivity contribution in [3.05, 3.63) is 23.2 Å². The Hall–Kier alpha value is -0.760. The van der Waals surface area contributed by atoms with Gasteiger partial charge in [0.2, 0.25) is 0 Å². The van der Waals surface area contributed by atoms with Crippen LogP contribution in [0, 0.1) is 0 Å². The molecular weight excluding hydrogens is 162 g/mol. The molecule has 0 bridgehead atoms. The Kier molecular flexibility index (Phi) is 2.40. The van der Waals surface area contributed by atoms with E-state index < -0.39 is 0 Å². The molecule has 0 aliphatic heterocycles. The summed E-state index contributed by atoms with van der Waals surface area (Å²) in [6.07, 6.45) is 3.46. The minimum Gasteiger partial charge on any atom is -0.465 e. The predicted octanol–water partition coefficient (Wildman–Crippen LogP) is 2.09. The third kappa shape index (κ3) is 1.51. The highest BCUT2D eigenvalue weighted by molar-refractivity contribution is 5.29. The second kappa shape index (κ2) is 3.54. The van der Waals surface area contributed by atoms with Crippen molar-refractivity contribution in [2.45, 2.75) is 32.1 Å². The van der Waals surface area contributed by atoms with E-state index in [0.717, 1.165) is 18.7 Å². The van der Waals surface area contributed by atoms with Crippen molar-refractivity contribution in [1.29, 1.82) is 0 Å². The van der Waals surface area contributed by atoms with Crippen LogP contribution in [0.1, 0.15) is 36.3 Å². The first-order valence-corrected chi connectivity index (χ1v) is 5.11. The van der Waals surface area contributed by atoms with E-state index >= 15 is 0 Å². The molecule has 1 aromatic rings. The molecule has 2 rings (SSSR count). The van der Waals surface area contributed by atoms with Crippen molar-refractivity contribution in [2.24, 2.45) is 0 Å². The molecule has 0 fully saturated rings. The molecule has 2 heteroatoms. The molecule has 0 amide bonds. The summed E-state index contributed by atoms with van der Waals surface area (Å²) in [5.74, 6) is 3.00. The summed E-state index contributed by atoms with van der Waals surface area (Å²) < 4.78 is 5.80. The summed E-state index contributed by atoms with van der Waals surface area (Å²) >= 11 is 0. The van der Waals surface area contributed by atoms with Gasteiger partial charge in [0.15, 0.2) is 0 Å². The van der Waals surface area contributed by atoms with Crippen LogP contribution >= 0.6 is 0 Å². The van der Waals surface area contributed by atoms with E-state index in [2.05, 4.69) is 18.3 Å². The summed E-state index contributed by atoms with van der Waals surface area (Å²) in [7, 11) is 2.00. The number of furan rings is 1. The third-order valence-corrected chi connectivity index (χ3v) is 2.82. The fourth-order valence-corrected chi connectivity index (χ4v) is 2.12. The molecule has 1 aliphatic rings. The molecule has 72 valence electrons. The Morgan fingerprint density at radius 1 is 1.62 bits per heavy atom. The van der Waals surface area contributed by atoms with E-state index in [9.17, 15) is 0 Å². The average Bonchev–Trinajstić information content (AvgIpc) is 2.67. The van der Waals surface area contributed by atoms with Crippen LogP contribution in [0.4, 0.5) is 0 Å². The molecule has 1 unspecified atom stereocenters. The molecule has 0 radical (unpaired) electrons. The topological polar surface area (TPSA) is 25.2 Å². The Morgan fingerprint density at radius 3 is 3.15 bits per heavy atom. The lowest BCUT2D eigenvalue weighted by molar-refractivity contribution is 0.431. The zero-order valence-electron chi connectivity index (χ0n) is 8.39. The monoisotopic (exact) mass is 179 g/mol. The predicted molar refractivity (Wildman–Crippen MR) is 53.1 cm³/mol. The van der Waals surface area contributed by atoms with Crippen molar-refractivity contribution in [3.63, 3.8) is 0 Å². The maximum absolute atomic E-state index is 5.80. The van der Waals surface area contributed by atoms with E-state index in [1.807, 2.05) is 7.05 Å². The van der Waals surface area contributed by atoms with Gasteiger partial charge in [-0.2, -0.15) is 0 Å². The second-order valence-corrected chi connectivity index (χ2v) is 3.75. The smallest absolute Gasteiger partial charge is 0.111 e. The molecule has 0 spiro atoms. The molecule has 1 atom stereocenters. The van der Waals surface area contributed by atoms with Crippen LogP contribution in [0.3, 0.4) is 0 Å². The van der Waals surface area contributed by atoms with Gasteiger partial charge in [-0.15, -0.1) is 0 Å². The van der Waals surface area contributed by atoms with Gasteiger partial charge < -0.3 is 9.73 Å². The Labute approximate surface area is 79.3 Å². The van der Waals surface area contributed by atoms with Crippen molar-refractivity contribution < 1.29 is 4.42 Å². The molecule has 13 heavy (non-hydrogen) atoms. The fraction of sp³-hybridized carbons (Fsp3) is 0.636. The first-order chi connectivity index (χ1) is 6.35. The maximum atomic E-state index is 5.80. The number of aryl methyl sites for hydroxylation is 2. The first kappa shape index (κ1) is 8.82. The Bertz CT molecular complexity index is 290. The Morgan fingerprint density at radius 2 is 2.46 bits per heavy atom. The van der Waals surface area contributed by atoms with Crippen LogP contribution in [-0.4, -0.2) is 13.6 Å². The molecule has 0 saturated heterocycles. The lowest BCUT2D eigenvalue weighted by Crippen LogP contribution is -2.14. The normalized spacial score (nSPS) is 20.6. The van der Waals surface area contributed by atoms with Crippen LogP contribution in [0.25, 0.3) is 0 Å². The molecule has 1 aromatic heterocycles. The van der Waals surface area contributed by atoms with E-state index in [1.54, 1.807) is 0 Å². The zero-order valence-corrected chi connectivity index (χ0v) is 8.39. The first-order valence-electron chi connectivity index (χ1n) is 5.11. The lowest BCUT2D eigenvalue weighted by atomic mass is 10.1. The van der Waals surface area contributed by atoms with Gasteiger partial charge in [-0.1, -0.05) is 6.92 Å². The van der Waals surface area contributed by atoms with Crippen LogP contribution in [0.15, 0.2) is 10.5 Å². The molecule has 1 aliphatic carbocycles. The summed E-state index contributed by atoms with van der Waals surface area (Å²) in [6.45, 7) is 3.19. The number of nitrogens with one attached hydrogen (secondary N) is 1. The molecule has 1 N–H and O–H groups in total. The minimum atomic E-state index is 0.611. The highest BCUT2D eigenvalue weighted by Crippen LogP contribution is 2.34. The van der Waals surface area contributed by atoms with Gasteiger partial charge in [0, 0.05) is 18.9 Å². The molecular formula is C11H17NO. The van der Waals surface area contributed by atoms with Crippen LogP contribution < -0.4 is 5.32 Å². The van der Waals surface area contributed by atoms with E-state index in [0.29, 0.717) is 5.92 Å². The van der Waals surface area contributed by atoms with E-state index in [-0.39, 0.29) is 0 Å². The summed E-state index contributed by atoms with van der Waals surface area (Å²) in [5, 5.41) is 3.22. The number of fused-ring (bicyclic) bond motifs is 1. The molecule has 0 saturated carbocycles. The third-order valence-electron chi connectivity index (χ3n) is 2.82. The van der Waals surface area contributed by atoms with Gasteiger partial charge >= 0.3 is 0 Å². The van der Waals surface area contributed by atoms with Gasteiger partial charge in [0.05, 0.1) is 0 Å². The van der Waals surface area contributed by atoms with Crippen molar-refractivity contribution in [3.8, 4) is 0 Å². The lowest BCUT2D eigenvalue weighted by Gasteiger charge is -2.07. The highest BCUT2D eigenvalue weighted by Gasteiger charge is 2.26. The van der Waals surface area contributed by atoms with Gasteiger partial charge in [0.1, 0.15) is 11.5 Å². The minimum absolute atomic E-state index is 0.611. The number of likely N-dealkylation sites (N-methyl/N-ethyl adjacent to an activating group) is 1. The standard InChI is InChI=1S/C11H17NO/c1-3-10-6-8-4-5-9(7-12-2)11(8)13-10/h6,9,12H,3-5,7H2,1-2H3. The van der Waals surface area contributed by atoms with Crippen molar-refractivity contribution in [1.82, 2.24) is 5.32 Å². The van der Waals surface area contributed by atoms with Gasteiger partial charge in [-0.25, -0.2) is 0 Å². The molecule has 1 heterocycles. The van der Waals surface area contributed by atoms with Gasteiger partial charge in [-0.05, 0) is 31.5 Å². The number of hydrogen-bond donors (Lipinski definition) is 1. The second-order valence-electron chi connectivity index (χ2n) is 3.75. The van der Waals surface area contributed by atoms with E-state index in [4.69, 9.17) is 4.42 Å².